The van der Waals surface area contributed by atoms with Gasteiger partial charge in [0.1, 0.15) is 16.2 Å². The van der Waals surface area contributed by atoms with Gasteiger partial charge in [-0.1, -0.05) is 50.0 Å². The number of carbonyl (C=O) groups is 2. The van der Waals surface area contributed by atoms with Crippen LogP contribution in [-0.2, 0) is 16.6 Å². The number of carbonyl (C=O) groups excluding carboxylic acids is 1. The second-order valence-electron chi connectivity index (χ2n) is 6.55. The van der Waals surface area contributed by atoms with Crippen molar-refractivity contribution in [3.8, 4) is 0 Å². The maximum absolute atomic E-state index is 12.8. The summed E-state index contributed by atoms with van der Waals surface area (Å²) in [4.78, 5) is 30.6. The fourth-order valence-electron chi connectivity index (χ4n) is 2.92. The maximum Gasteiger partial charge on any atom is 0.326 e. The number of aryl methyl sites for hydroxylation is 1. The molecule has 0 spiro atoms. The number of benzene rings is 1. The molecular formula is C18H19N3O3S2. The van der Waals surface area contributed by atoms with Crippen LogP contribution in [0.2, 0.25) is 0 Å². The van der Waals surface area contributed by atoms with E-state index in [-0.39, 0.29) is 16.1 Å². The van der Waals surface area contributed by atoms with Crippen molar-refractivity contribution in [2.75, 3.05) is 0 Å². The third kappa shape index (κ3) is 3.39. The Labute approximate surface area is 160 Å². The SMILES string of the molecule is CC(C)CC(C(=O)O)N1C(=O)/C(=C\c2nc3ccccc3n2C)SC1=S. The predicted molar refractivity (Wildman–Crippen MR) is 107 cm³/mol. The van der Waals surface area contributed by atoms with Crippen LogP contribution in [0.5, 0.6) is 0 Å². The lowest BCUT2D eigenvalue weighted by Gasteiger charge is -2.24. The summed E-state index contributed by atoms with van der Waals surface area (Å²) in [5.41, 5.74) is 1.79. The number of nitrogens with zero attached hydrogens (tertiary/aromatic N) is 3. The third-order valence-electron chi connectivity index (χ3n) is 4.20. The number of thioether (sulfide) groups is 1. The van der Waals surface area contributed by atoms with E-state index in [4.69, 9.17) is 12.2 Å². The fourth-order valence-corrected chi connectivity index (χ4v) is 4.25. The summed E-state index contributed by atoms with van der Waals surface area (Å²) >= 11 is 6.41. The minimum atomic E-state index is -1.04. The molecule has 2 aromatic rings. The Hall–Kier alpha value is -2.19. The maximum atomic E-state index is 12.8. The molecule has 6 nitrogen and oxygen atoms in total. The molecule has 1 atom stereocenters. The summed E-state index contributed by atoms with van der Waals surface area (Å²) < 4.78 is 2.16. The number of aromatic nitrogens is 2. The van der Waals surface area contributed by atoms with Crippen LogP contribution >= 0.6 is 24.0 Å². The zero-order chi connectivity index (χ0) is 19.0. The van der Waals surface area contributed by atoms with Gasteiger partial charge in [0.15, 0.2) is 0 Å². The van der Waals surface area contributed by atoms with Crippen LogP contribution in [0.15, 0.2) is 29.2 Å². The number of thiocarbonyl (C=S) groups is 1. The van der Waals surface area contributed by atoms with E-state index in [1.54, 1.807) is 6.08 Å². The molecule has 26 heavy (non-hydrogen) atoms. The van der Waals surface area contributed by atoms with Crippen LogP contribution in [-0.4, -0.2) is 41.8 Å². The van der Waals surface area contributed by atoms with Crippen LogP contribution in [0.25, 0.3) is 17.1 Å². The predicted octanol–water partition coefficient (Wildman–Crippen LogP) is 3.27. The van der Waals surface area contributed by atoms with Crippen LogP contribution in [0.3, 0.4) is 0 Å². The number of amides is 1. The molecule has 0 saturated carbocycles. The molecule has 1 saturated heterocycles. The van der Waals surface area contributed by atoms with Crippen molar-refractivity contribution in [1.29, 1.82) is 0 Å². The van der Waals surface area contributed by atoms with Gasteiger partial charge in [0.2, 0.25) is 0 Å². The Kier molecular flexibility index (Phi) is 5.15. The van der Waals surface area contributed by atoms with Crippen molar-refractivity contribution in [3.63, 3.8) is 0 Å². The first-order valence-electron chi connectivity index (χ1n) is 8.21. The average molecular weight is 390 g/mol. The highest BCUT2D eigenvalue weighted by molar-refractivity contribution is 8.26. The van der Waals surface area contributed by atoms with E-state index in [0.717, 1.165) is 22.8 Å². The number of para-hydroxylation sites is 2. The van der Waals surface area contributed by atoms with Crippen LogP contribution in [0, 0.1) is 5.92 Å². The lowest BCUT2D eigenvalue weighted by atomic mass is 10.0. The van der Waals surface area contributed by atoms with Crippen molar-refractivity contribution in [3.05, 3.63) is 35.0 Å². The Morgan fingerprint density at radius 1 is 1.38 bits per heavy atom. The van der Waals surface area contributed by atoms with Gasteiger partial charge in [0, 0.05) is 13.1 Å². The number of aliphatic carboxylic acids is 1. The molecule has 1 amide bonds. The molecule has 1 aliphatic heterocycles. The molecule has 0 bridgehead atoms. The van der Waals surface area contributed by atoms with E-state index >= 15 is 0 Å². The first-order valence-corrected chi connectivity index (χ1v) is 9.43. The lowest BCUT2D eigenvalue weighted by molar-refractivity contribution is -0.145. The fraction of sp³-hybridized carbons (Fsp3) is 0.333. The van der Waals surface area contributed by atoms with Gasteiger partial charge < -0.3 is 9.67 Å². The van der Waals surface area contributed by atoms with Crippen molar-refractivity contribution in [2.45, 2.75) is 26.3 Å². The Balaban J connectivity index is 1.96. The Morgan fingerprint density at radius 2 is 2.08 bits per heavy atom. The molecule has 1 aromatic heterocycles. The van der Waals surface area contributed by atoms with Gasteiger partial charge in [-0.05, 0) is 24.5 Å². The second-order valence-corrected chi connectivity index (χ2v) is 8.23. The summed E-state index contributed by atoms with van der Waals surface area (Å²) in [6.07, 6.45) is 2.02. The van der Waals surface area contributed by atoms with E-state index in [1.807, 2.05) is 49.7 Å². The molecular weight excluding hydrogens is 370 g/mol. The lowest BCUT2D eigenvalue weighted by Crippen LogP contribution is -2.44. The molecule has 3 rings (SSSR count). The molecule has 2 heterocycles. The highest BCUT2D eigenvalue weighted by Gasteiger charge is 2.40. The van der Waals surface area contributed by atoms with Gasteiger partial charge in [-0.2, -0.15) is 0 Å². The van der Waals surface area contributed by atoms with Gasteiger partial charge >= 0.3 is 5.97 Å². The minimum absolute atomic E-state index is 0.129. The van der Waals surface area contributed by atoms with Gasteiger partial charge in [-0.3, -0.25) is 9.69 Å². The van der Waals surface area contributed by atoms with Gasteiger partial charge in [0.05, 0.1) is 15.9 Å². The number of fused-ring (bicyclic) bond motifs is 1. The third-order valence-corrected chi connectivity index (χ3v) is 5.53. The van der Waals surface area contributed by atoms with E-state index in [0.29, 0.717) is 17.2 Å². The smallest absolute Gasteiger partial charge is 0.326 e. The molecule has 0 radical (unpaired) electrons. The Bertz CT molecular complexity index is 933. The molecule has 0 aliphatic carbocycles. The molecule has 1 N–H and O–H groups in total. The second kappa shape index (κ2) is 7.20. The molecule has 1 fully saturated rings. The van der Waals surface area contributed by atoms with Gasteiger partial charge in [-0.25, -0.2) is 9.78 Å². The highest BCUT2D eigenvalue weighted by atomic mass is 32.2. The summed E-state index contributed by atoms with van der Waals surface area (Å²) in [6, 6.07) is 6.74. The Morgan fingerprint density at radius 3 is 2.69 bits per heavy atom. The molecule has 1 aliphatic rings. The van der Waals surface area contributed by atoms with Gasteiger partial charge in [-0.15, -0.1) is 0 Å². The molecule has 1 unspecified atom stereocenters. The normalized spacial score (nSPS) is 17.7. The first-order chi connectivity index (χ1) is 12.3. The molecule has 1 aromatic carbocycles. The van der Waals surface area contributed by atoms with Crippen LogP contribution in [0.1, 0.15) is 26.1 Å². The number of carboxylic acids is 1. The number of rotatable bonds is 5. The minimum Gasteiger partial charge on any atom is -0.480 e. The van der Waals surface area contributed by atoms with E-state index in [1.165, 1.54) is 4.90 Å². The summed E-state index contributed by atoms with van der Waals surface area (Å²) in [5, 5.41) is 9.53. The van der Waals surface area contributed by atoms with E-state index in [9.17, 15) is 14.7 Å². The zero-order valence-electron chi connectivity index (χ0n) is 14.7. The van der Waals surface area contributed by atoms with Crippen molar-refractivity contribution in [2.24, 2.45) is 13.0 Å². The standard InChI is InChI=1S/C18H19N3O3S2/c1-10(2)8-13(17(23)24)21-16(22)14(26-18(21)25)9-15-19-11-6-4-5-7-12(11)20(15)3/h4-7,9-10,13H,8H2,1-3H3,(H,23,24)/b14-9+. The van der Waals surface area contributed by atoms with E-state index in [2.05, 4.69) is 4.98 Å². The topological polar surface area (TPSA) is 75.4 Å². The van der Waals surface area contributed by atoms with E-state index < -0.39 is 12.0 Å². The van der Waals surface area contributed by atoms with Crippen molar-refractivity contribution < 1.29 is 14.7 Å². The highest BCUT2D eigenvalue weighted by Crippen LogP contribution is 2.35. The van der Waals surface area contributed by atoms with Crippen molar-refractivity contribution >= 4 is 57.3 Å². The summed E-state index contributed by atoms with van der Waals surface area (Å²) in [5.74, 6) is -0.661. The van der Waals surface area contributed by atoms with Crippen LogP contribution in [0.4, 0.5) is 0 Å². The largest absolute Gasteiger partial charge is 0.480 e. The average Bonchev–Trinajstić information content (AvgIpc) is 3.03. The zero-order valence-corrected chi connectivity index (χ0v) is 16.3. The van der Waals surface area contributed by atoms with Gasteiger partial charge in [0.25, 0.3) is 5.91 Å². The summed E-state index contributed by atoms with van der Waals surface area (Å²) in [6.45, 7) is 3.84. The molecule has 8 heteroatoms. The molecule has 136 valence electrons. The van der Waals surface area contributed by atoms with Crippen molar-refractivity contribution in [1.82, 2.24) is 14.5 Å². The summed E-state index contributed by atoms with van der Waals surface area (Å²) in [7, 11) is 1.88. The monoisotopic (exact) mass is 389 g/mol. The first kappa shape index (κ1) is 18.6. The number of hydrogen-bond donors (Lipinski definition) is 1. The number of carboxylic acid groups (broad SMARTS) is 1. The van der Waals surface area contributed by atoms with Crippen LogP contribution < -0.4 is 0 Å². The number of imidazole rings is 1. The quantitative estimate of drug-likeness (QED) is 0.625. The number of hydrogen-bond acceptors (Lipinski definition) is 5.